The number of esters is 1. The van der Waals surface area contributed by atoms with Crippen molar-refractivity contribution in [1.82, 2.24) is 10.3 Å². The van der Waals surface area contributed by atoms with Crippen molar-refractivity contribution >= 4 is 18.0 Å². The highest BCUT2D eigenvalue weighted by Gasteiger charge is 2.14. The summed E-state index contributed by atoms with van der Waals surface area (Å²) < 4.78 is 4.68. The van der Waals surface area contributed by atoms with E-state index in [4.69, 9.17) is 0 Å². The maximum absolute atomic E-state index is 12.1. The largest absolute Gasteiger partial charge is 0.464 e. The second-order valence-electron chi connectivity index (χ2n) is 4.15. The summed E-state index contributed by atoms with van der Waals surface area (Å²) in [5.74, 6) is -0.989. The topological polar surface area (TPSA) is 68.3 Å². The summed E-state index contributed by atoms with van der Waals surface area (Å²) in [5.41, 5.74) is 1.26. The Morgan fingerprint density at radius 3 is 2.38 bits per heavy atom. The minimum Gasteiger partial charge on any atom is -0.464 e. The average molecular weight is 282 g/mol. The fourth-order valence-electron chi connectivity index (χ4n) is 1.67. The third-order valence-corrected chi connectivity index (χ3v) is 2.71. The number of methoxy groups -OCH3 is 1. The van der Waals surface area contributed by atoms with E-state index in [1.54, 1.807) is 48.8 Å². The molecule has 1 heterocycles. The molecule has 0 bridgehead atoms. The Balaban J connectivity index is 2.24. The van der Waals surface area contributed by atoms with Gasteiger partial charge in [0.2, 0.25) is 0 Å². The fourth-order valence-corrected chi connectivity index (χ4v) is 1.67. The highest BCUT2D eigenvalue weighted by atomic mass is 16.5. The quantitative estimate of drug-likeness (QED) is 0.688. The van der Waals surface area contributed by atoms with E-state index in [2.05, 4.69) is 15.0 Å². The normalized spacial score (nSPS) is 10.8. The van der Waals surface area contributed by atoms with Crippen molar-refractivity contribution in [1.29, 1.82) is 0 Å². The van der Waals surface area contributed by atoms with Crippen molar-refractivity contribution in [3.05, 3.63) is 71.7 Å². The van der Waals surface area contributed by atoms with Gasteiger partial charge in [0, 0.05) is 18.0 Å². The van der Waals surface area contributed by atoms with Crippen LogP contribution in [0, 0.1) is 0 Å². The Morgan fingerprint density at radius 2 is 1.76 bits per heavy atom. The third-order valence-electron chi connectivity index (χ3n) is 2.71. The summed E-state index contributed by atoms with van der Waals surface area (Å²) in [4.78, 5) is 27.7. The molecule has 0 atom stereocenters. The van der Waals surface area contributed by atoms with Crippen LogP contribution in [0.15, 0.2) is 60.6 Å². The van der Waals surface area contributed by atoms with Crippen LogP contribution in [0.2, 0.25) is 0 Å². The van der Waals surface area contributed by atoms with Crippen molar-refractivity contribution in [2.45, 2.75) is 0 Å². The first-order chi connectivity index (χ1) is 10.2. The van der Waals surface area contributed by atoms with Crippen LogP contribution in [0.3, 0.4) is 0 Å². The Kier molecular flexibility index (Phi) is 4.82. The van der Waals surface area contributed by atoms with E-state index in [0.29, 0.717) is 5.56 Å². The van der Waals surface area contributed by atoms with E-state index in [0.717, 1.165) is 5.56 Å². The van der Waals surface area contributed by atoms with E-state index in [-0.39, 0.29) is 11.6 Å². The second kappa shape index (κ2) is 7.00. The number of pyridine rings is 1. The standard InChI is InChI=1S/C16H14N2O3/c1-21-16(20)14(11-12-7-9-17-10-8-12)18-15(19)13-5-3-2-4-6-13/h2-11H,1H3,(H,18,19)/b14-11-. The first-order valence-corrected chi connectivity index (χ1v) is 6.27. The van der Waals surface area contributed by atoms with Crippen LogP contribution < -0.4 is 5.32 Å². The number of rotatable bonds is 4. The Bertz CT molecular complexity index is 652. The molecule has 0 aliphatic heterocycles. The monoisotopic (exact) mass is 282 g/mol. The van der Waals surface area contributed by atoms with Gasteiger partial charge < -0.3 is 10.1 Å². The lowest BCUT2D eigenvalue weighted by Gasteiger charge is -2.08. The molecule has 1 aromatic carbocycles. The van der Waals surface area contributed by atoms with Crippen molar-refractivity contribution in [3.8, 4) is 0 Å². The number of amides is 1. The zero-order chi connectivity index (χ0) is 15.1. The molecule has 106 valence electrons. The average Bonchev–Trinajstić information content (AvgIpc) is 2.55. The van der Waals surface area contributed by atoms with E-state index in [1.165, 1.54) is 13.2 Å². The lowest BCUT2D eigenvalue weighted by Crippen LogP contribution is -2.28. The number of nitrogens with one attached hydrogen (secondary N) is 1. The van der Waals surface area contributed by atoms with Gasteiger partial charge in [-0.15, -0.1) is 0 Å². The number of nitrogens with zero attached hydrogens (tertiary/aromatic N) is 1. The molecule has 0 radical (unpaired) electrons. The highest BCUT2D eigenvalue weighted by molar-refractivity contribution is 6.03. The Hall–Kier alpha value is -2.95. The number of aromatic nitrogens is 1. The van der Waals surface area contributed by atoms with Gasteiger partial charge in [0.1, 0.15) is 5.70 Å². The zero-order valence-electron chi connectivity index (χ0n) is 11.4. The summed E-state index contributed by atoms with van der Waals surface area (Å²) in [6.45, 7) is 0. The van der Waals surface area contributed by atoms with Gasteiger partial charge in [0.25, 0.3) is 5.91 Å². The molecule has 0 fully saturated rings. The van der Waals surface area contributed by atoms with Crippen LogP contribution in [0.1, 0.15) is 15.9 Å². The Morgan fingerprint density at radius 1 is 1.10 bits per heavy atom. The maximum Gasteiger partial charge on any atom is 0.354 e. The molecule has 5 nitrogen and oxygen atoms in total. The number of hydrogen-bond donors (Lipinski definition) is 1. The SMILES string of the molecule is COC(=O)/C(=C/c1ccncc1)NC(=O)c1ccccc1. The van der Waals surface area contributed by atoms with Gasteiger partial charge in [0.15, 0.2) is 0 Å². The number of carbonyl (C=O) groups excluding carboxylic acids is 2. The Labute approximate surface area is 122 Å². The highest BCUT2D eigenvalue weighted by Crippen LogP contribution is 2.07. The van der Waals surface area contributed by atoms with Crippen LogP contribution in [-0.4, -0.2) is 24.0 Å². The number of carbonyl (C=O) groups is 2. The van der Waals surface area contributed by atoms with Gasteiger partial charge in [-0.05, 0) is 35.9 Å². The third kappa shape index (κ3) is 4.01. The second-order valence-corrected chi connectivity index (χ2v) is 4.15. The first-order valence-electron chi connectivity index (χ1n) is 6.27. The van der Waals surface area contributed by atoms with Crippen LogP contribution in [0.25, 0.3) is 6.08 Å². The number of benzene rings is 1. The van der Waals surface area contributed by atoms with Crippen molar-refractivity contribution in [3.63, 3.8) is 0 Å². The summed E-state index contributed by atoms with van der Waals surface area (Å²) in [6.07, 6.45) is 4.73. The van der Waals surface area contributed by atoms with Crippen LogP contribution in [0.4, 0.5) is 0 Å². The van der Waals surface area contributed by atoms with E-state index < -0.39 is 5.97 Å². The smallest absolute Gasteiger partial charge is 0.354 e. The molecule has 0 saturated heterocycles. The summed E-state index contributed by atoms with van der Waals surface area (Å²) >= 11 is 0. The first kappa shape index (κ1) is 14.5. The van der Waals surface area contributed by atoms with Gasteiger partial charge in [-0.2, -0.15) is 0 Å². The molecule has 0 unspecified atom stereocenters. The molecule has 1 aromatic heterocycles. The molecular formula is C16H14N2O3. The summed E-state index contributed by atoms with van der Waals surface area (Å²) in [6, 6.07) is 12.1. The van der Waals surface area contributed by atoms with Gasteiger partial charge in [-0.3, -0.25) is 9.78 Å². The maximum atomic E-state index is 12.1. The fraction of sp³-hybridized carbons (Fsp3) is 0.0625. The van der Waals surface area contributed by atoms with Gasteiger partial charge >= 0.3 is 5.97 Å². The van der Waals surface area contributed by atoms with Gasteiger partial charge in [-0.1, -0.05) is 18.2 Å². The molecule has 1 amide bonds. The van der Waals surface area contributed by atoms with E-state index >= 15 is 0 Å². The molecule has 0 saturated carbocycles. The molecule has 0 aliphatic carbocycles. The van der Waals surface area contributed by atoms with Gasteiger partial charge in [-0.25, -0.2) is 4.79 Å². The molecule has 5 heteroatoms. The van der Waals surface area contributed by atoms with Crippen molar-refractivity contribution in [2.24, 2.45) is 0 Å². The molecule has 2 aromatic rings. The van der Waals surface area contributed by atoms with E-state index in [9.17, 15) is 9.59 Å². The lowest BCUT2D eigenvalue weighted by molar-refractivity contribution is -0.136. The zero-order valence-corrected chi connectivity index (χ0v) is 11.4. The molecule has 0 aliphatic rings. The predicted octanol–water partition coefficient (Wildman–Crippen LogP) is 2.03. The minimum absolute atomic E-state index is 0.0672. The molecule has 1 N–H and O–H groups in total. The molecule has 2 rings (SSSR count). The minimum atomic E-state index is -0.615. The summed E-state index contributed by atoms with van der Waals surface area (Å²) in [7, 11) is 1.26. The van der Waals surface area contributed by atoms with E-state index in [1.807, 2.05) is 6.07 Å². The molecule has 0 spiro atoms. The van der Waals surface area contributed by atoms with Crippen molar-refractivity contribution in [2.75, 3.05) is 7.11 Å². The predicted molar refractivity (Wildman–Crippen MR) is 78.1 cm³/mol. The van der Waals surface area contributed by atoms with Gasteiger partial charge in [0.05, 0.1) is 7.11 Å². The number of hydrogen-bond acceptors (Lipinski definition) is 4. The number of ether oxygens (including phenoxy) is 1. The van der Waals surface area contributed by atoms with Crippen LogP contribution in [-0.2, 0) is 9.53 Å². The van der Waals surface area contributed by atoms with Crippen LogP contribution >= 0.6 is 0 Å². The molecular weight excluding hydrogens is 268 g/mol. The lowest BCUT2D eigenvalue weighted by atomic mass is 10.2. The van der Waals surface area contributed by atoms with Crippen molar-refractivity contribution < 1.29 is 14.3 Å². The molecule has 21 heavy (non-hydrogen) atoms. The van der Waals surface area contributed by atoms with Crippen LogP contribution in [0.5, 0.6) is 0 Å². The summed E-state index contributed by atoms with van der Waals surface area (Å²) in [5, 5.41) is 2.56.